The molecule has 0 amide bonds. The molecule has 0 aromatic heterocycles. The first-order chi connectivity index (χ1) is 12.5. The maximum absolute atomic E-state index is 13.5. The second kappa shape index (κ2) is 6.65. The Morgan fingerprint density at radius 2 is 1.85 bits per heavy atom. The van der Waals surface area contributed by atoms with Crippen LogP contribution in [0.1, 0.15) is 88.2 Å². The zero-order chi connectivity index (χ0) is 20.1. The monoisotopic (exact) mass is 372 g/mol. The van der Waals surface area contributed by atoms with Gasteiger partial charge in [-0.3, -0.25) is 9.59 Å². The molecule has 1 aromatic rings. The van der Waals surface area contributed by atoms with Gasteiger partial charge >= 0.3 is 5.97 Å². The molecule has 148 valence electrons. The number of hydrogen-bond acceptors (Lipinski definition) is 4. The highest BCUT2D eigenvalue weighted by molar-refractivity contribution is 6.04. The lowest BCUT2D eigenvalue weighted by Crippen LogP contribution is -2.58. The van der Waals surface area contributed by atoms with Crippen LogP contribution in [0.5, 0.6) is 5.75 Å². The molecular formula is C23H32O4. The maximum Gasteiger partial charge on any atom is 0.303 e. The maximum atomic E-state index is 13.5. The Morgan fingerprint density at radius 1 is 1.19 bits per heavy atom. The van der Waals surface area contributed by atoms with Gasteiger partial charge < -0.3 is 9.47 Å². The van der Waals surface area contributed by atoms with E-state index < -0.39 is 12.1 Å². The second-order valence-corrected chi connectivity index (χ2v) is 9.43. The van der Waals surface area contributed by atoms with Gasteiger partial charge in [-0.2, -0.15) is 0 Å². The average molecular weight is 373 g/mol. The Hall–Kier alpha value is -1.84. The summed E-state index contributed by atoms with van der Waals surface area (Å²) in [7, 11) is 1.69. The van der Waals surface area contributed by atoms with Crippen LogP contribution in [-0.2, 0) is 14.9 Å². The molecule has 0 bridgehead atoms. The number of benzene rings is 1. The molecule has 2 aliphatic carbocycles. The molecule has 2 aliphatic rings. The van der Waals surface area contributed by atoms with Crippen molar-refractivity contribution in [2.75, 3.05) is 7.11 Å². The summed E-state index contributed by atoms with van der Waals surface area (Å²) in [5.41, 5.74) is 2.44. The third kappa shape index (κ3) is 3.07. The lowest BCUT2D eigenvalue weighted by atomic mass is 9.49. The number of methoxy groups -OCH3 is 1. The number of hydrogen-bond donors (Lipinski definition) is 0. The van der Waals surface area contributed by atoms with Crippen LogP contribution >= 0.6 is 0 Å². The SMILES string of the molecule is COc1cc2c(cc1C(C)C)C(=O)[C@H](OC(C)=O)[C@H]1C(C)(C)CCC[C@]21C. The Kier molecular flexibility index (Phi) is 4.90. The summed E-state index contributed by atoms with van der Waals surface area (Å²) in [6.07, 6.45) is 2.37. The molecule has 3 atom stereocenters. The smallest absolute Gasteiger partial charge is 0.303 e. The molecule has 0 radical (unpaired) electrons. The van der Waals surface area contributed by atoms with Crippen LogP contribution in [0.2, 0.25) is 0 Å². The molecule has 0 unspecified atom stereocenters. The van der Waals surface area contributed by atoms with Crippen molar-refractivity contribution in [3.63, 3.8) is 0 Å². The van der Waals surface area contributed by atoms with Crippen molar-refractivity contribution in [2.45, 2.75) is 78.2 Å². The first-order valence-electron chi connectivity index (χ1n) is 9.96. The number of fused-ring (bicyclic) bond motifs is 3. The molecule has 0 N–H and O–H groups in total. The van der Waals surface area contributed by atoms with Crippen LogP contribution in [0.15, 0.2) is 12.1 Å². The summed E-state index contributed by atoms with van der Waals surface area (Å²) in [5.74, 6) is 0.571. The van der Waals surface area contributed by atoms with Gasteiger partial charge in [-0.15, -0.1) is 0 Å². The average Bonchev–Trinajstić information content (AvgIpc) is 2.56. The summed E-state index contributed by atoms with van der Waals surface area (Å²) in [6, 6.07) is 4.04. The lowest BCUT2D eigenvalue weighted by molar-refractivity contribution is -0.153. The fourth-order valence-electron chi connectivity index (χ4n) is 5.64. The van der Waals surface area contributed by atoms with Gasteiger partial charge in [0.1, 0.15) is 5.75 Å². The van der Waals surface area contributed by atoms with Gasteiger partial charge in [0.25, 0.3) is 0 Å². The predicted octanol–water partition coefficient (Wildman–Crippen LogP) is 5.03. The van der Waals surface area contributed by atoms with Crippen molar-refractivity contribution in [3.8, 4) is 5.75 Å². The van der Waals surface area contributed by atoms with Gasteiger partial charge in [0.2, 0.25) is 5.78 Å². The van der Waals surface area contributed by atoms with E-state index in [1.54, 1.807) is 7.11 Å². The van der Waals surface area contributed by atoms with Crippen LogP contribution in [0.4, 0.5) is 0 Å². The van der Waals surface area contributed by atoms with Crippen molar-refractivity contribution in [1.82, 2.24) is 0 Å². The number of ether oxygens (including phenoxy) is 2. The number of carbonyl (C=O) groups is 2. The van der Waals surface area contributed by atoms with Gasteiger partial charge in [-0.1, -0.05) is 41.0 Å². The third-order valence-electron chi connectivity index (χ3n) is 6.77. The van der Waals surface area contributed by atoms with Crippen LogP contribution in [0.25, 0.3) is 0 Å². The standard InChI is InChI=1S/C23H32O4/c1-13(2)15-11-16-17(12-18(15)26-7)23(6)10-8-9-22(4,5)21(23)20(19(16)25)27-14(3)24/h11-13,20-21H,8-10H2,1-7H3/t20-,21-,23+/m0/s1. The van der Waals surface area contributed by atoms with E-state index in [4.69, 9.17) is 9.47 Å². The molecule has 1 aromatic carbocycles. The highest BCUT2D eigenvalue weighted by Gasteiger charge is 2.58. The Bertz CT molecular complexity index is 777. The number of Topliss-reactive ketones (excluding diaryl/α,β-unsaturated/α-hetero) is 1. The minimum atomic E-state index is -0.719. The molecule has 4 heteroatoms. The minimum Gasteiger partial charge on any atom is -0.496 e. The van der Waals surface area contributed by atoms with Crippen LogP contribution < -0.4 is 4.74 Å². The Morgan fingerprint density at radius 3 is 2.41 bits per heavy atom. The summed E-state index contributed by atoms with van der Waals surface area (Å²) >= 11 is 0. The Balaban J connectivity index is 2.28. The van der Waals surface area contributed by atoms with E-state index in [1.807, 2.05) is 6.07 Å². The van der Waals surface area contributed by atoms with Crippen LogP contribution in [-0.4, -0.2) is 25.0 Å². The van der Waals surface area contributed by atoms with Gasteiger partial charge in [-0.25, -0.2) is 0 Å². The molecule has 3 rings (SSSR count). The van der Waals surface area contributed by atoms with Crippen LogP contribution in [0.3, 0.4) is 0 Å². The molecular weight excluding hydrogens is 340 g/mol. The molecule has 0 aliphatic heterocycles. The molecule has 0 saturated heterocycles. The van der Waals surface area contributed by atoms with Gasteiger partial charge in [0.05, 0.1) is 7.11 Å². The number of esters is 1. The number of ketones is 1. The fourth-order valence-corrected chi connectivity index (χ4v) is 5.64. The van der Waals surface area contributed by atoms with Crippen LogP contribution in [0, 0.1) is 11.3 Å². The normalized spacial score (nSPS) is 29.1. The highest BCUT2D eigenvalue weighted by Crippen LogP contribution is 2.58. The fraction of sp³-hybridized carbons (Fsp3) is 0.652. The zero-order valence-corrected chi connectivity index (χ0v) is 17.6. The van der Waals surface area contributed by atoms with E-state index in [0.717, 1.165) is 36.1 Å². The second-order valence-electron chi connectivity index (χ2n) is 9.43. The zero-order valence-electron chi connectivity index (χ0n) is 17.6. The largest absolute Gasteiger partial charge is 0.496 e. The quantitative estimate of drug-likeness (QED) is 0.698. The van der Waals surface area contributed by atoms with Crippen molar-refractivity contribution >= 4 is 11.8 Å². The summed E-state index contributed by atoms with van der Waals surface area (Å²) in [5, 5.41) is 0. The van der Waals surface area contributed by atoms with Crippen molar-refractivity contribution < 1.29 is 19.1 Å². The first kappa shape index (κ1) is 19.9. The van der Waals surface area contributed by atoms with Crippen molar-refractivity contribution in [3.05, 3.63) is 28.8 Å². The number of carbonyl (C=O) groups excluding carboxylic acids is 2. The topological polar surface area (TPSA) is 52.6 Å². The van der Waals surface area contributed by atoms with Gasteiger partial charge in [0.15, 0.2) is 6.10 Å². The van der Waals surface area contributed by atoms with E-state index in [1.165, 1.54) is 6.92 Å². The summed E-state index contributed by atoms with van der Waals surface area (Å²) in [4.78, 5) is 25.3. The molecule has 0 spiro atoms. The summed E-state index contributed by atoms with van der Waals surface area (Å²) < 4.78 is 11.3. The Labute approximate surface area is 162 Å². The van der Waals surface area contributed by atoms with Crippen molar-refractivity contribution in [1.29, 1.82) is 0 Å². The number of rotatable bonds is 3. The van der Waals surface area contributed by atoms with E-state index in [-0.39, 0.29) is 28.4 Å². The molecule has 0 heterocycles. The predicted molar refractivity (Wildman–Crippen MR) is 105 cm³/mol. The van der Waals surface area contributed by atoms with E-state index in [2.05, 4.69) is 40.7 Å². The molecule has 1 saturated carbocycles. The van der Waals surface area contributed by atoms with Gasteiger partial charge in [-0.05, 0) is 47.4 Å². The lowest BCUT2D eigenvalue weighted by Gasteiger charge is -2.56. The van der Waals surface area contributed by atoms with E-state index >= 15 is 0 Å². The van der Waals surface area contributed by atoms with E-state index in [0.29, 0.717) is 5.56 Å². The first-order valence-corrected chi connectivity index (χ1v) is 9.96. The summed E-state index contributed by atoms with van der Waals surface area (Å²) in [6.45, 7) is 12.2. The minimum absolute atomic E-state index is 0.0442. The third-order valence-corrected chi connectivity index (χ3v) is 6.77. The molecule has 27 heavy (non-hydrogen) atoms. The molecule has 1 fully saturated rings. The highest BCUT2D eigenvalue weighted by atomic mass is 16.5. The van der Waals surface area contributed by atoms with Gasteiger partial charge in [0, 0.05) is 23.8 Å². The van der Waals surface area contributed by atoms with E-state index in [9.17, 15) is 9.59 Å². The molecule has 4 nitrogen and oxygen atoms in total. The van der Waals surface area contributed by atoms with Crippen molar-refractivity contribution in [2.24, 2.45) is 11.3 Å².